The maximum atomic E-state index is 11.1. The molecule has 16 heavy (non-hydrogen) atoms. The van der Waals surface area contributed by atoms with E-state index in [1.165, 1.54) is 0 Å². The van der Waals surface area contributed by atoms with E-state index in [1.807, 2.05) is 0 Å². The van der Waals surface area contributed by atoms with Crippen molar-refractivity contribution in [3.05, 3.63) is 12.2 Å². The highest BCUT2D eigenvalue weighted by Gasteiger charge is 2.19. The number of nitrogens with one attached hydrogen (secondary N) is 1. The molecule has 6 heteroatoms. The summed E-state index contributed by atoms with van der Waals surface area (Å²) in [5, 5.41) is 1.86. The van der Waals surface area contributed by atoms with E-state index in [4.69, 9.17) is 4.55 Å². The molecule has 1 amide bonds. The summed E-state index contributed by atoms with van der Waals surface area (Å²) in [6, 6.07) is 0. The van der Waals surface area contributed by atoms with Crippen LogP contribution in [0.4, 0.5) is 0 Å². The second kappa shape index (κ2) is 6.65. The first-order valence-corrected chi connectivity index (χ1v) is 6.69. The largest absolute Gasteiger partial charge is 0.352 e. The van der Waals surface area contributed by atoms with Crippen LogP contribution in [0.3, 0.4) is 0 Å². The number of hydrogen-bond donors (Lipinski definition) is 2. The molecule has 0 fully saturated rings. The molecule has 0 aliphatic carbocycles. The molecule has 5 nitrogen and oxygen atoms in total. The molecule has 0 rings (SSSR count). The number of rotatable bonds is 7. The number of carbonyl (C=O) groups is 1. The topological polar surface area (TPSA) is 83.5 Å². The predicted molar refractivity (Wildman–Crippen MR) is 62.7 cm³/mol. The van der Waals surface area contributed by atoms with Crippen LogP contribution < -0.4 is 5.32 Å². The number of amides is 1. The fourth-order valence-corrected chi connectivity index (χ4v) is 2.13. The lowest BCUT2D eigenvalue weighted by atomic mass is 10.2. The van der Waals surface area contributed by atoms with E-state index in [0.717, 1.165) is 0 Å². The van der Waals surface area contributed by atoms with Gasteiger partial charge in [0.15, 0.2) is 0 Å². The van der Waals surface area contributed by atoms with Crippen molar-refractivity contribution in [3.63, 3.8) is 0 Å². The van der Waals surface area contributed by atoms with Gasteiger partial charge in [0.25, 0.3) is 10.1 Å². The quantitative estimate of drug-likeness (QED) is 0.402. The van der Waals surface area contributed by atoms with Crippen LogP contribution in [0, 0.1) is 0 Å². The zero-order chi connectivity index (χ0) is 12.8. The Morgan fingerprint density at radius 2 is 2.06 bits per heavy atom. The molecule has 0 heterocycles. The van der Waals surface area contributed by atoms with E-state index in [1.54, 1.807) is 13.8 Å². The number of hydrogen-bond acceptors (Lipinski definition) is 3. The Kier molecular flexibility index (Phi) is 6.28. The Balaban J connectivity index is 3.90. The molecule has 94 valence electrons. The zero-order valence-corrected chi connectivity index (χ0v) is 10.5. The van der Waals surface area contributed by atoms with Crippen LogP contribution in [0.15, 0.2) is 12.2 Å². The van der Waals surface area contributed by atoms with Crippen molar-refractivity contribution in [2.75, 3.05) is 6.54 Å². The van der Waals surface area contributed by atoms with Gasteiger partial charge in [0.2, 0.25) is 5.91 Å². The van der Waals surface area contributed by atoms with Gasteiger partial charge >= 0.3 is 0 Å². The second-order valence-corrected chi connectivity index (χ2v) is 5.42. The maximum absolute atomic E-state index is 11.1. The van der Waals surface area contributed by atoms with E-state index in [9.17, 15) is 13.2 Å². The van der Waals surface area contributed by atoms with E-state index in [0.29, 0.717) is 31.4 Å². The van der Waals surface area contributed by atoms with E-state index >= 15 is 0 Å². The van der Waals surface area contributed by atoms with Gasteiger partial charge in [-0.25, -0.2) is 0 Å². The first-order chi connectivity index (χ1) is 7.29. The highest BCUT2D eigenvalue weighted by Crippen LogP contribution is 2.10. The minimum absolute atomic E-state index is 0.236. The molecule has 0 spiro atoms. The van der Waals surface area contributed by atoms with E-state index < -0.39 is 15.4 Å². The summed E-state index contributed by atoms with van der Waals surface area (Å²) in [6.45, 7) is 7.16. The number of carbonyl (C=O) groups excluding carboxylic acids is 1. The average molecular weight is 249 g/mol. The van der Waals surface area contributed by atoms with Crippen molar-refractivity contribution in [1.82, 2.24) is 5.32 Å². The first kappa shape index (κ1) is 15.1. The molecule has 0 aromatic heterocycles. The van der Waals surface area contributed by atoms with Crippen LogP contribution in [0.1, 0.15) is 33.1 Å². The smallest absolute Gasteiger partial charge is 0.267 e. The molecule has 0 saturated heterocycles. The van der Waals surface area contributed by atoms with Crippen LogP contribution in [-0.4, -0.2) is 30.7 Å². The molecule has 1 atom stereocenters. The summed E-state index contributed by atoms with van der Waals surface area (Å²) in [7, 11) is -3.96. The summed E-state index contributed by atoms with van der Waals surface area (Å²) in [4.78, 5) is 11.1. The molecule has 0 aromatic carbocycles. The summed E-state index contributed by atoms with van der Waals surface area (Å²) in [6.07, 6.45) is 1.22. The molecule has 0 radical (unpaired) electrons. The third kappa shape index (κ3) is 5.87. The highest BCUT2D eigenvalue weighted by atomic mass is 32.2. The van der Waals surface area contributed by atoms with Gasteiger partial charge in [-0.15, -0.1) is 0 Å². The molecular formula is C10H19NO4S. The molecule has 1 unspecified atom stereocenters. The summed E-state index contributed by atoms with van der Waals surface area (Å²) in [5.41, 5.74) is 0.418. The third-order valence-corrected chi connectivity index (χ3v) is 3.66. The second-order valence-electron chi connectivity index (χ2n) is 3.72. The van der Waals surface area contributed by atoms with Gasteiger partial charge in [0, 0.05) is 12.1 Å². The highest BCUT2D eigenvalue weighted by molar-refractivity contribution is 7.86. The predicted octanol–water partition coefficient (Wildman–Crippen LogP) is 1.13. The summed E-state index contributed by atoms with van der Waals surface area (Å²) in [5.74, 6) is -0.236. The SMILES string of the molecule is C=C(C)C(=O)NCCCC(CC)S(=O)(=O)O. The van der Waals surface area contributed by atoms with Gasteiger partial charge in [0.05, 0.1) is 5.25 Å². The van der Waals surface area contributed by atoms with Crippen LogP contribution >= 0.6 is 0 Å². The van der Waals surface area contributed by atoms with Crippen LogP contribution in [0.5, 0.6) is 0 Å². The third-order valence-electron chi connectivity index (χ3n) is 2.25. The Labute approximate surface area is 96.7 Å². The Bertz CT molecular complexity index is 348. The molecule has 0 aromatic rings. The van der Waals surface area contributed by atoms with Crippen molar-refractivity contribution in [3.8, 4) is 0 Å². The van der Waals surface area contributed by atoms with Crippen LogP contribution in [-0.2, 0) is 14.9 Å². The Morgan fingerprint density at radius 1 is 1.50 bits per heavy atom. The van der Waals surface area contributed by atoms with Crippen molar-refractivity contribution in [2.24, 2.45) is 0 Å². The fraction of sp³-hybridized carbons (Fsp3) is 0.700. The molecule has 0 aliphatic rings. The average Bonchev–Trinajstić information content (AvgIpc) is 2.15. The van der Waals surface area contributed by atoms with Crippen molar-refractivity contribution in [2.45, 2.75) is 38.4 Å². The lowest BCUT2D eigenvalue weighted by molar-refractivity contribution is -0.117. The van der Waals surface area contributed by atoms with Crippen molar-refractivity contribution < 1.29 is 17.8 Å². The lowest BCUT2D eigenvalue weighted by Crippen LogP contribution is -2.26. The lowest BCUT2D eigenvalue weighted by Gasteiger charge is -2.11. The minimum Gasteiger partial charge on any atom is -0.352 e. The van der Waals surface area contributed by atoms with Gasteiger partial charge in [-0.05, 0) is 26.2 Å². The maximum Gasteiger partial charge on any atom is 0.267 e. The van der Waals surface area contributed by atoms with Gasteiger partial charge in [-0.2, -0.15) is 8.42 Å². The van der Waals surface area contributed by atoms with E-state index in [-0.39, 0.29) is 5.91 Å². The first-order valence-electron chi connectivity index (χ1n) is 5.19. The normalized spacial score (nSPS) is 13.2. The van der Waals surface area contributed by atoms with E-state index in [2.05, 4.69) is 11.9 Å². The minimum atomic E-state index is -3.96. The Hall–Kier alpha value is -0.880. The summed E-state index contributed by atoms with van der Waals surface area (Å²) >= 11 is 0. The van der Waals surface area contributed by atoms with Crippen molar-refractivity contribution >= 4 is 16.0 Å². The zero-order valence-electron chi connectivity index (χ0n) is 9.69. The summed E-state index contributed by atoms with van der Waals surface area (Å²) < 4.78 is 30.6. The monoisotopic (exact) mass is 249 g/mol. The molecule has 0 saturated carbocycles. The van der Waals surface area contributed by atoms with Crippen LogP contribution in [0.25, 0.3) is 0 Å². The van der Waals surface area contributed by atoms with Crippen LogP contribution in [0.2, 0.25) is 0 Å². The molecule has 0 bridgehead atoms. The molecular weight excluding hydrogens is 230 g/mol. The molecule has 0 aliphatic heterocycles. The fourth-order valence-electron chi connectivity index (χ4n) is 1.25. The van der Waals surface area contributed by atoms with Gasteiger partial charge in [-0.3, -0.25) is 9.35 Å². The van der Waals surface area contributed by atoms with Gasteiger partial charge < -0.3 is 5.32 Å². The Morgan fingerprint density at radius 3 is 2.44 bits per heavy atom. The molecule has 2 N–H and O–H groups in total. The standard InChI is InChI=1S/C10H19NO4S/c1-4-9(16(13,14)15)6-5-7-11-10(12)8(2)3/h9H,2,4-7H2,1,3H3,(H,11,12)(H,13,14,15). The van der Waals surface area contributed by atoms with Crippen molar-refractivity contribution in [1.29, 1.82) is 0 Å². The van der Waals surface area contributed by atoms with Gasteiger partial charge in [-0.1, -0.05) is 13.5 Å². The van der Waals surface area contributed by atoms with Gasteiger partial charge in [0.1, 0.15) is 0 Å².